The van der Waals surface area contributed by atoms with E-state index in [1.54, 1.807) is 17.8 Å². The number of nitrogens with zero attached hydrogens (tertiary/aromatic N) is 1. The highest BCUT2D eigenvalue weighted by Gasteiger charge is 2.26. The summed E-state index contributed by atoms with van der Waals surface area (Å²) in [5.74, 6) is -0.992. The lowest BCUT2D eigenvalue weighted by molar-refractivity contribution is 0.0690. The molecule has 104 valence electrons. The van der Waals surface area contributed by atoms with Crippen LogP contribution in [0.1, 0.15) is 23.8 Å². The number of para-hydroxylation sites is 1. The van der Waals surface area contributed by atoms with Gasteiger partial charge in [-0.1, -0.05) is 18.2 Å². The lowest BCUT2D eigenvalue weighted by Gasteiger charge is -2.15. The number of thioether (sulfide) groups is 1. The number of carboxylic acid groups (broad SMARTS) is 1. The van der Waals surface area contributed by atoms with Gasteiger partial charge in [0, 0.05) is 22.1 Å². The minimum absolute atomic E-state index is 0.0952. The highest BCUT2D eigenvalue weighted by Crippen LogP contribution is 2.36. The summed E-state index contributed by atoms with van der Waals surface area (Å²) in [5, 5.41) is 10.5. The summed E-state index contributed by atoms with van der Waals surface area (Å²) in [6.45, 7) is 2.83. The average molecular weight is 289 g/mol. The van der Waals surface area contributed by atoms with Crippen molar-refractivity contribution < 1.29 is 14.6 Å². The first-order valence-electron chi connectivity index (χ1n) is 6.56. The molecule has 0 saturated carbocycles. The van der Waals surface area contributed by atoms with Crippen LogP contribution in [-0.2, 0) is 4.74 Å². The topological polar surface area (TPSA) is 59.4 Å². The van der Waals surface area contributed by atoms with Crippen molar-refractivity contribution in [3.05, 3.63) is 36.0 Å². The molecule has 1 aromatic heterocycles. The molecule has 3 rings (SSSR count). The highest BCUT2D eigenvalue weighted by atomic mass is 32.2. The molecule has 4 nitrogen and oxygen atoms in total. The average Bonchev–Trinajstić information content (AvgIpc) is 2.84. The van der Waals surface area contributed by atoms with Gasteiger partial charge in [0.25, 0.3) is 0 Å². The second-order valence-corrected chi connectivity index (χ2v) is 6.13. The van der Waals surface area contributed by atoms with Crippen molar-refractivity contribution in [3.63, 3.8) is 0 Å². The summed E-state index contributed by atoms with van der Waals surface area (Å²) in [5.41, 5.74) is 0.819. The fourth-order valence-corrected chi connectivity index (χ4v) is 3.67. The number of rotatable bonds is 3. The van der Waals surface area contributed by atoms with Gasteiger partial charge in [-0.3, -0.25) is 0 Å². The molecule has 0 aliphatic carbocycles. The van der Waals surface area contributed by atoms with E-state index < -0.39 is 5.97 Å². The fraction of sp³-hybridized carbons (Fsp3) is 0.333. The Morgan fingerprint density at radius 1 is 1.45 bits per heavy atom. The Labute approximate surface area is 121 Å². The van der Waals surface area contributed by atoms with Crippen LogP contribution in [0.15, 0.2) is 35.2 Å². The molecule has 0 bridgehead atoms. The molecule has 1 saturated heterocycles. The SMILES string of the molecule is CC1OCCC1Sc1cc(C(=O)O)nc2ccccc12. The number of aromatic carboxylic acids is 1. The molecule has 2 aromatic rings. The summed E-state index contributed by atoms with van der Waals surface area (Å²) in [4.78, 5) is 16.4. The van der Waals surface area contributed by atoms with Gasteiger partial charge >= 0.3 is 5.97 Å². The van der Waals surface area contributed by atoms with Crippen molar-refractivity contribution in [1.29, 1.82) is 0 Å². The molecule has 2 atom stereocenters. The lowest BCUT2D eigenvalue weighted by atomic mass is 10.2. The van der Waals surface area contributed by atoms with Crippen molar-refractivity contribution in [2.24, 2.45) is 0 Å². The third-order valence-corrected chi connectivity index (χ3v) is 5.00. The predicted molar refractivity (Wildman–Crippen MR) is 78.4 cm³/mol. The van der Waals surface area contributed by atoms with E-state index in [1.165, 1.54) is 0 Å². The molecule has 0 radical (unpaired) electrons. The van der Waals surface area contributed by atoms with E-state index in [-0.39, 0.29) is 11.8 Å². The number of ether oxygens (including phenoxy) is 1. The molecule has 1 fully saturated rings. The van der Waals surface area contributed by atoms with Crippen LogP contribution in [0.2, 0.25) is 0 Å². The maximum atomic E-state index is 11.2. The molecule has 2 heterocycles. The third-order valence-electron chi connectivity index (χ3n) is 3.48. The van der Waals surface area contributed by atoms with Crippen molar-refractivity contribution in [3.8, 4) is 0 Å². The van der Waals surface area contributed by atoms with Gasteiger partial charge in [-0.2, -0.15) is 0 Å². The van der Waals surface area contributed by atoms with Gasteiger partial charge in [0.05, 0.1) is 11.6 Å². The lowest BCUT2D eigenvalue weighted by Crippen LogP contribution is -2.13. The standard InChI is InChI=1S/C15H15NO3S/c1-9-13(6-7-19-9)20-14-8-12(15(17)18)16-11-5-3-2-4-10(11)14/h2-5,8-9,13H,6-7H2,1H3,(H,17,18). The van der Waals surface area contributed by atoms with Gasteiger partial charge in [0.15, 0.2) is 0 Å². The predicted octanol–water partition coefficient (Wildman–Crippen LogP) is 3.20. The van der Waals surface area contributed by atoms with Gasteiger partial charge in [0.2, 0.25) is 0 Å². The van der Waals surface area contributed by atoms with Gasteiger partial charge in [-0.15, -0.1) is 11.8 Å². The van der Waals surface area contributed by atoms with Crippen LogP contribution in [0, 0.1) is 0 Å². The van der Waals surface area contributed by atoms with Gasteiger partial charge in [0.1, 0.15) is 5.69 Å². The fourth-order valence-electron chi connectivity index (χ4n) is 2.38. The first-order chi connectivity index (χ1) is 9.65. The quantitative estimate of drug-likeness (QED) is 0.940. The zero-order valence-electron chi connectivity index (χ0n) is 11.1. The largest absolute Gasteiger partial charge is 0.477 e. The van der Waals surface area contributed by atoms with Crippen molar-refractivity contribution in [2.75, 3.05) is 6.61 Å². The number of carbonyl (C=O) groups is 1. The van der Waals surface area contributed by atoms with Crippen LogP contribution in [-0.4, -0.2) is 34.0 Å². The zero-order chi connectivity index (χ0) is 14.1. The van der Waals surface area contributed by atoms with E-state index in [2.05, 4.69) is 11.9 Å². The molecule has 1 aromatic carbocycles. The van der Waals surface area contributed by atoms with Crippen LogP contribution in [0.4, 0.5) is 0 Å². The van der Waals surface area contributed by atoms with E-state index in [4.69, 9.17) is 4.74 Å². The first-order valence-corrected chi connectivity index (χ1v) is 7.44. The number of hydrogen-bond acceptors (Lipinski definition) is 4. The summed E-state index contributed by atoms with van der Waals surface area (Å²) in [6.07, 6.45) is 1.19. The van der Waals surface area contributed by atoms with E-state index in [1.807, 2.05) is 24.3 Å². The second-order valence-electron chi connectivity index (χ2n) is 4.85. The van der Waals surface area contributed by atoms with Crippen molar-refractivity contribution in [2.45, 2.75) is 29.6 Å². The number of fused-ring (bicyclic) bond motifs is 1. The Kier molecular flexibility index (Phi) is 3.63. The minimum Gasteiger partial charge on any atom is -0.477 e. The molecule has 5 heteroatoms. The van der Waals surface area contributed by atoms with E-state index in [9.17, 15) is 9.90 Å². The number of hydrogen-bond donors (Lipinski definition) is 1. The Balaban J connectivity index is 2.05. The number of pyridine rings is 1. The van der Waals surface area contributed by atoms with Crippen LogP contribution >= 0.6 is 11.8 Å². The first kappa shape index (κ1) is 13.4. The number of benzene rings is 1. The molecule has 2 unspecified atom stereocenters. The molecular weight excluding hydrogens is 274 g/mol. The molecule has 1 aliphatic rings. The maximum absolute atomic E-state index is 11.2. The van der Waals surface area contributed by atoms with Crippen LogP contribution < -0.4 is 0 Å². The monoisotopic (exact) mass is 289 g/mol. The summed E-state index contributed by atoms with van der Waals surface area (Å²) in [7, 11) is 0. The van der Waals surface area contributed by atoms with Crippen LogP contribution in [0.25, 0.3) is 10.9 Å². The van der Waals surface area contributed by atoms with Crippen molar-refractivity contribution in [1.82, 2.24) is 4.98 Å². The molecule has 20 heavy (non-hydrogen) atoms. The van der Waals surface area contributed by atoms with Crippen LogP contribution in [0.3, 0.4) is 0 Å². The highest BCUT2D eigenvalue weighted by molar-refractivity contribution is 8.00. The second kappa shape index (κ2) is 5.42. The molecule has 0 spiro atoms. The Bertz CT molecular complexity index is 659. The molecular formula is C15H15NO3S. The zero-order valence-corrected chi connectivity index (χ0v) is 11.9. The molecule has 1 aliphatic heterocycles. The van der Waals surface area contributed by atoms with Crippen LogP contribution in [0.5, 0.6) is 0 Å². The Hall–Kier alpha value is -1.59. The summed E-state index contributed by atoms with van der Waals surface area (Å²) < 4.78 is 5.57. The Morgan fingerprint density at radius 3 is 2.95 bits per heavy atom. The summed E-state index contributed by atoms with van der Waals surface area (Å²) >= 11 is 1.69. The normalized spacial score (nSPS) is 22.2. The minimum atomic E-state index is -0.992. The maximum Gasteiger partial charge on any atom is 0.354 e. The summed E-state index contributed by atoms with van der Waals surface area (Å²) in [6, 6.07) is 9.32. The van der Waals surface area contributed by atoms with E-state index in [0.717, 1.165) is 28.8 Å². The number of carboxylic acids is 1. The number of aromatic nitrogens is 1. The van der Waals surface area contributed by atoms with Crippen molar-refractivity contribution >= 4 is 28.6 Å². The molecule has 0 amide bonds. The van der Waals surface area contributed by atoms with Gasteiger partial charge in [-0.05, 0) is 25.5 Å². The van der Waals surface area contributed by atoms with E-state index in [0.29, 0.717) is 5.25 Å². The smallest absolute Gasteiger partial charge is 0.354 e. The third kappa shape index (κ3) is 2.51. The van der Waals surface area contributed by atoms with Gasteiger partial charge < -0.3 is 9.84 Å². The van der Waals surface area contributed by atoms with E-state index >= 15 is 0 Å². The molecule has 1 N–H and O–H groups in total. The Morgan fingerprint density at radius 2 is 2.25 bits per heavy atom. The van der Waals surface area contributed by atoms with Gasteiger partial charge in [-0.25, -0.2) is 9.78 Å².